The van der Waals surface area contributed by atoms with Gasteiger partial charge in [0, 0.05) is 69.2 Å². The molecule has 2 heterocycles. The van der Waals surface area contributed by atoms with Crippen molar-refractivity contribution >= 4 is 62.8 Å². The number of rotatable bonds is 7. The van der Waals surface area contributed by atoms with Crippen LogP contribution in [0.15, 0.2) is 220 Å². The minimum absolute atomic E-state index is 0.0897. The van der Waals surface area contributed by atoms with Gasteiger partial charge in [-0.1, -0.05) is 230 Å². The molecule has 2 aromatic heterocycles. The summed E-state index contributed by atoms with van der Waals surface area (Å²) in [7, 11) is 3.97. The van der Waals surface area contributed by atoms with Crippen molar-refractivity contribution in [2.45, 2.75) is 87.0 Å². The SMILES string of the molecule is C=C/C=C(C=NC(=NC(=NC)c1ccccc1)c1cccc(C)c1)\C=C/C.C=C/C=c1\c(=C/C)oc2ccccc12.CC.Cc1ccccc1-c1ccc2c(c1C)C(C)(C)c1ccc3c4ccccc4n(C)c3c1C2(C)C. The molecule has 1 aliphatic rings. The molecule has 0 atom stereocenters. The Hall–Kier alpha value is -8.41. The third-order valence-corrected chi connectivity index (χ3v) is 14.5. The third kappa shape index (κ3) is 11.6. The maximum Gasteiger partial charge on any atom is 0.161 e. The van der Waals surface area contributed by atoms with Crippen molar-refractivity contribution in [2.24, 2.45) is 22.0 Å². The summed E-state index contributed by atoms with van der Waals surface area (Å²) in [6.45, 7) is 31.7. The van der Waals surface area contributed by atoms with Crippen molar-refractivity contribution < 1.29 is 4.42 Å². The molecule has 0 spiro atoms. The van der Waals surface area contributed by atoms with Gasteiger partial charge in [-0.3, -0.25) is 4.99 Å². The number of furan rings is 1. The largest absolute Gasteiger partial charge is 0.456 e. The zero-order chi connectivity index (χ0) is 55.4. The molecule has 390 valence electrons. The van der Waals surface area contributed by atoms with Crippen molar-refractivity contribution in [2.75, 3.05) is 7.05 Å². The topological polar surface area (TPSA) is 55.1 Å². The van der Waals surface area contributed by atoms with Crippen molar-refractivity contribution in [3.8, 4) is 11.1 Å². The van der Waals surface area contributed by atoms with Crippen LogP contribution in [0.2, 0.25) is 0 Å². The maximum atomic E-state index is 5.67. The van der Waals surface area contributed by atoms with Crippen LogP contribution in [0.3, 0.4) is 0 Å². The molecule has 10 rings (SSSR count). The Morgan fingerprint density at radius 2 is 1.26 bits per heavy atom. The summed E-state index contributed by atoms with van der Waals surface area (Å²) in [5, 5.41) is 4.95. The van der Waals surface area contributed by atoms with E-state index in [9.17, 15) is 0 Å². The lowest BCUT2D eigenvalue weighted by Crippen LogP contribution is -2.38. The second kappa shape index (κ2) is 25.0. The van der Waals surface area contributed by atoms with Crippen molar-refractivity contribution in [3.63, 3.8) is 0 Å². The van der Waals surface area contributed by atoms with Gasteiger partial charge in [0.1, 0.15) is 11.0 Å². The fourth-order valence-electron chi connectivity index (χ4n) is 11.0. The van der Waals surface area contributed by atoms with Gasteiger partial charge >= 0.3 is 0 Å². The van der Waals surface area contributed by atoms with Gasteiger partial charge in [-0.05, 0) is 109 Å². The first-order chi connectivity index (χ1) is 37.2. The van der Waals surface area contributed by atoms with E-state index in [0.29, 0.717) is 11.7 Å². The highest BCUT2D eigenvalue weighted by molar-refractivity contribution is 6.14. The molecule has 0 fully saturated rings. The molecule has 77 heavy (non-hydrogen) atoms. The Bertz CT molecular complexity index is 3880. The lowest BCUT2D eigenvalue weighted by molar-refractivity contribution is 0.520. The monoisotopic (exact) mass is 1010 g/mol. The molecule has 1 aliphatic carbocycles. The highest BCUT2D eigenvalue weighted by Gasteiger charge is 2.44. The van der Waals surface area contributed by atoms with Crippen LogP contribution in [0.25, 0.3) is 56.1 Å². The number of allylic oxidation sites excluding steroid dienone is 6. The molecule has 0 bridgehead atoms. The lowest BCUT2D eigenvalue weighted by atomic mass is 9.58. The summed E-state index contributed by atoms with van der Waals surface area (Å²) in [5.41, 5.74) is 19.6. The maximum absolute atomic E-state index is 5.67. The Morgan fingerprint density at radius 3 is 1.94 bits per heavy atom. The molecule has 5 heteroatoms. The van der Waals surface area contributed by atoms with Crippen molar-refractivity contribution in [1.82, 2.24) is 4.57 Å². The first-order valence-electron chi connectivity index (χ1n) is 26.9. The van der Waals surface area contributed by atoms with Gasteiger partial charge in [-0.25, -0.2) is 9.98 Å². The molecule has 0 aliphatic heterocycles. The van der Waals surface area contributed by atoms with Gasteiger partial charge in [-0.2, -0.15) is 0 Å². The average molecular weight is 1010 g/mol. The van der Waals surface area contributed by atoms with E-state index in [1.165, 1.54) is 66.3 Å². The molecule has 0 radical (unpaired) electrons. The predicted molar refractivity (Wildman–Crippen MR) is 336 cm³/mol. The smallest absolute Gasteiger partial charge is 0.161 e. The van der Waals surface area contributed by atoms with E-state index >= 15 is 0 Å². The van der Waals surface area contributed by atoms with Crippen LogP contribution in [0, 0.1) is 20.8 Å². The van der Waals surface area contributed by atoms with E-state index in [-0.39, 0.29) is 10.8 Å². The Labute approximate surface area is 458 Å². The number of aliphatic imine (C=N–C) groups is 3. The summed E-state index contributed by atoms with van der Waals surface area (Å²) in [6.07, 6.45) is 15.1. The second-order valence-electron chi connectivity index (χ2n) is 20.1. The quantitative estimate of drug-likeness (QED) is 0.0891. The molecule has 5 nitrogen and oxygen atoms in total. The number of hydrogen-bond donors (Lipinski definition) is 0. The van der Waals surface area contributed by atoms with Crippen LogP contribution in [-0.4, -0.2) is 29.5 Å². The molecule has 0 amide bonds. The van der Waals surface area contributed by atoms with Gasteiger partial charge < -0.3 is 8.98 Å². The highest BCUT2D eigenvalue weighted by atomic mass is 16.3. The van der Waals surface area contributed by atoms with Gasteiger partial charge in [0.2, 0.25) is 0 Å². The first kappa shape index (κ1) is 56.3. The summed E-state index contributed by atoms with van der Waals surface area (Å²) in [5.74, 6) is 1.26. The van der Waals surface area contributed by atoms with Crippen molar-refractivity contribution in [3.05, 3.63) is 261 Å². The summed E-state index contributed by atoms with van der Waals surface area (Å²) in [6, 6.07) is 53.2. The number of benzene rings is 7. The minimum atomic E-state index is -0.100. The lowest BCUT2D eigenvalue weighted by Gasteiger charge is -2.45. The fraction of sp³-hybridized carbons (Fsp3) is 0.208. The zero-order valence-electron chi connectivity index (χ0n) is 47.7. The van der Waals surface area contributed by atoms with Gasteiger partial charge in [-0.15, -0.1) is 0 Å². The Balaban J connectivity index is 0.000000178. The van der Waals surface area contributed by atoms with E-state index in [1.807, 2.05) is 119 Å². The molecular weight excluding hydrogens is 937 g/mol. The van der Waals surface area contributed by atoms with Crippen LogP contribution in [0.1, 0.15) is 105 Å². The molecule has 0 N–H and O–H groups in total. The number of aromatic nitrogens is 1. The van der Waals surface area contributed by atoms with Crippen LogP contribution in [0.4, 0.5) is 0 Å². The van der Waals surface area contributed by atoms with Gasteiger partial charge in [0.25, 0.3) is 0 Å². The van der Waals surface area contributed by atoms with Crippen LogP contribution in [0.5, 0.6) is 0 Å². The van der Waals surface area contributed by atoms with Crippen molar-refractivity contribution in [1.29, 1.82) is 0 Å². The predicted octanol–water partition coefficient (Wildman–Crippen LogP) is 17.4. The van der Waals surface area contributed by atoms with E-state index < -0.39 is 0 Å². The summed E-state index contributed by atoms with van der Waals surface area (Å²) < 4.78 is 8.08. The number of fused-ring (bicyclic) bond motifs is 7. The summed E-state index contributed by atoms with van der Waals surface area (Å²) >= 11 is 0. The Morgan fingerprint density at radius 1 is 0.623 bits per heavy atom. The number of amidine groups is 2. The molecule has 9 aromatic rings. The van der Waals surface area contributed by atoms with E-state index in [2.05, 4.69) is 174 Å². The number of aryl methyl sites for hydroxylation is 3. The Kier molecular flexibility index (Phi) is 18.3. The first-order valence-corrected chi connectivity index (χ1v) is 26.9. The fourth-order valence-corrected chi connectivity index (χ4v) is 11.0. The summed E-state index contributed by atoms with van der Waals surface area (Å²) in [4.78, 5) is 13.8. The third-order valence-electron chi connectivity index (χ3n) is 14.5. The van der Waals surface area contributed by atoms with Gasteiger partial charge in [0.15, 0.2) is 11.7 Å². The van der Waals surface area contributed by atoms with Gasteiger partial charge in [0.05, 0.1) is 5.52 Å². The van der Waals surface area contributed by atoms with E-state index in [4.69, 9.17) is 9.41 Å². The average Bonchev–Trinajstić information content (AvgIpc) is 4.21. The number of hydrogen-bond acceptors (Lipinski definition) is 2. The highest BCUT2D eigenvalue weighted by Crippen LogP contribution is 2.54. The molecule has 0 saturated carbocycles. The normalized spacial score (nSPS) is 14.4. The van der Waals surface area contributed by atoms with Crippen LogP contribution in [-0.2, 0) is 17.9 Å². The molecular formula is C72H76N4O. The van der Waals surface area contributed by atoms with Crippen LogP contribution < -0.4 is 10.6 Å². The van der Waals surface area contributed by atoms with E-state index in [0.717, 1.165) is 43.9 Å². The number of para-hydroxylation sites is 2. The minimum Gasteiger partial charge on any atom is -0.456 e. The zero-order valence-corrected chi connectivity index (χ0v) is 47.7. The van der Waals surface area contributed by atoms with Crippen LogP contribution >= 0.6 is 0 Å². The van der Waals surface area contributed by atoms with E-state index in [1.54, 1.807) is 25.4 Å². The number of nitrogens with zero attached hydrogens (tertiary/aromatic N) is 4. The molecule has 7 aromatic carbocycles. The molecule has 0 saturated heterocycles. The molecule has 0 unspecified atom stereocenters. The standard InChI is InChI=1S/C33H33N.C24H25N3.C13H12O.C2H6/c1-20-12-8-9-13-22(20)23-16-18-26-29(21(23)2)32(3,4)27-19-17-25-24-14-10-11-15-28(24)34(7)31(25)30(27)33(26,5)6;1-5-11-20(12-6-2)18-26-24(22-16-10-13-19(3)17-22)27-23(25-4)21-14-8-7-9-15-21;1-3-7-10-11-8-5-6-9-13(11)14-12(10)4-2;1-2/h8-19H,1-7H3;5-18H,1H2,2-4H3;3-9H,1H2,2H3;1-2H3/b;12-6-,20-11+,25-23?,26-18?,27-24?;10-7-,12-4+;. The second-order valence-corrected chi connectivity index (χ2v) is 20.1.